The highest BCUT2D eigenvalue weighted by Gasteiger charge is 2.43. The predicted molar refractivity (Wildman–Crippen MR) is 90.3 cm³/mol. The second kappa shape index (κ2) is 6.44. The number of carbonyl (C=O) groups excluding carboxylic acids is 1. The van der Waals surface area contributed by atoms with E-state index in [4.69, 9.17) is 10.5 Å². The van der Waals surface area contributed by atoms with Gasteiger partial charge in [-0.05, 0) is 44.0 Å². The molecule has 2 aliphatic rings. The zero-order valence-electron chi connectivity index (χ0n) is 13.7. The van der Waals surface area contributed by atoms with Crippen LogP contribution in [-0.2, 0) is 26.0 Å². The summed E-state index contributed by atoms with van der Waals surface area (Å²) in [5.41, 5.74) is 6.99. The van der Waals surface area contributed by atoms with Crippen molar-refractivity contribution < 1.29 is 17.9 Å². The van der Waals surface area contributed by atoms with Crippen LogP contribution in [0.1, 0.15) is 18.4 Å². The minimum Gasteiger partial charge on any atom is -0.381 e. The maximum absolute atomic E-state index is 13.2. The van der Waals surface area contributed by atoms with Crippen molar-refractivity contribution in [1.29, 1.82) is 0 Å². The highest BCUT2D eigenvalue weighted by molar-refractivity contribution is 7.89. The summed E-state index contributed by atoms with van der Waals surface area (Å²) in [5.74, 6) is -0.0222. The third-order valence-corrected chi connectivity index (χ3v) is 6.48. The summed E-state index contributed by atoms with van der Waals surface area (Å²) in [6.07, 6.45) is 1.92. The highest BCUT2D eigenvalue weighted by Crippen LogP contribution is 2.37. The van der Waals surface area contributed by atoms with E-state index in [2.05, 4.69) is 4.72 Å². The fourth-order valence-corrected chi connectivity index (χ4v) is 4.16. The summed E-state index contributed by atoms with van der Waals surface area (Å²) < 4.78 is 31.8. The maximum atomic E-state index is 13.2. The average Bonchev–Trinajstić information content (AvgIpc) is 3.04. The minimum atomic E-state index is -3.55. The van der Waals surface area contributed by atoms with Gasteiger partial charge in [0.05, 0.1) is 10.3 Å². The number of amides is 1. The van der Waals surface area contributed by atoms with Crippen LogP contribution in [0.5, 0.6) is 0 Å². The number of nitrogens with one attached hydrogen (secondary N) is 1. The molecule has 0 radical (unpaired) electrons. The van der Waals surface area contributed by atoms with E-state index in [-0.39, 0.29) is 17.3 Å². The third-order valence-electron chi connectivity index (χ3n) is 5.07. The van der Waals surface area contributed by atoms with Gasteiger partial charge in [-0.1, -0.05) is 6.07 Å². The molecule has 0 unspecified atom stereocenters. The van der Waals surface area contributed by atoms with Gasteiger partial charge in [0.25, 0.3) is 0 Å². The number of hydrogen-bond donors (Lipinski definition) is 2. The lowest BCUT2D eigenvalue weighted by Crippen LogP contribution is -2.50. The van der Waals surface area contributed by atoms with Crippen molar-refractivity contribution in [3.05, 3.63) is 23.8 Å². The summed E-state index contributed by atoms with van der Waals surface area (Å²) in [6, 6.07) is 4.94. The molecule has 8 heteroatoms. The van der Waals surface area contributed by atoms with Crippen molar-refractivity contribution in [2.75, 3.05) is 38.3 Å². The molecule has 1 aromatic carbocycles. The Morgan fingerprint density at radius 1 is 1.38 bits per heavy atom. The number of anilines is 1. The van der Waals surface area contributed by atoms with Gasteiger partial charge in [0.1, 0.15) is 0 Å². The van der Waals surface area contributed by atoms with E-state index in [0.29, 0.717) is 38.3 Å². The average molecular weight is 353 g/mol. The maximum Gasteiger partial charge on any atom is 0.240 e. The van der Waals surface area contributed by atoms with Crippen molar-refractivity contribution in [3.63, 3.8) is 0 Å². The molecule has 132 valence electrons. The van der Waals surface area contributed by atoms with Gasteiger partial charge in [-0.3, -0.25) is 4.79 Å². The van der Waals surface area contributed by atoms with Crippen molar-refractivity contribution in [2.24, 2.45) is 11.1 Å². The largest absolute Gasteiger partial charge is 0.381 e. The Hall–Kier alpha value is -1.48. The van der Waals surface area contributed by atoms with Gasteiger partial charge in [0, 0.05) is 32.0 Å². The molecule has 24 heavy (non-hydrogen) atoms. The molecule has 1 fully saturated rings. The molecule has 0 spiro atoms. The minimum absolute atomic E-state index is 0.0222. The van der Waals surface area contributed by atoms with E-state index in [0.717, 1.165) is 12.0 Å². The molecule has 0 bridgehead atoms. The fraction of sp³-hybridized carbons (Fsp3) is 0.562. The first kappa shape index (κ1) is 17.3. The SMILES string of the molecule is CNS(=O)(=O)c1ccc2c(c1)N(C(=O)C1(CN)CCOCC1)CC2. The number of rotatable bonds is 4. The molecule has 7 nitrogen and oxygen atoms in total. The van der Waals surface area contributed by atoms with Crippen molar-refractivity contribution in [3.8, 4) is 0 Å². The zero-order chi connectivity index (χ0) is 17.4. The van der Waals surface area contributed by atoms with E-state index in [9.17, 15) is 13.2 Å². The van der Waals surface area contributed by atoms with Crippen LogP contribution >= 0.6 is 0 Å². The fourth-order valence-electron chi connectivity index (χ4n) is 3.41. The quantitative estimate of drug-likeness (QED) is 0.807. The number of sulfonamides is 1. The number of ether oxygens (including phenoxy) is 1. The van der Waals surface area contributed by atoms with Crippen LogP contribution in [0.3, 0.4) is 0 Å². The van der Waals surface area contributed by atoms with Crippen LogP contribution in [0, 0.1) is 5.41 Å². The van der Waals surface area contributed by atoms with Crippen molar-refractivity contribution in [2.45, 2.75) is 24.2 Å². The second-order valence-corrected chi connectivity index (χ2v) is 8.19. The van der Waals surface area contributed by atoms with Crippen LogP contribution in [0.15, 0.2) is 23.1 Å². The first-order chi connectivity index (χ1) is 11.4. The molecule has 0 saturated carbocycles. The number of nitrogens with two attached hydrogens (primary N) is 1. The Labute approximate surface area is 142 Å². The molecule has 2 heterocycles. The molecule has 0 aliphatic carbocycles. The van der Waals surface area contributed by atoms with Crippen LogP contribution in [0.2, 0.25) is 0 Å². The Morgan fingerprint density at radius 2 is 2.08 bits per heavy atom. The van der Waals surface area contributed by atoms with Gasteiger partial charge in [-0.2, -0.15) is 0 Å². The highest BCUT2D eigenvalue weighted by atomic mass is 32.2. The molecule has 1 aromatic rings. The predicted octanol–water partition coefficient (Wildman–Crippen LogP) is 0.239. The summed E-state index contributed by atoms with van der Waals surface area (Å²) in [7, 11) is -2.18. The standard InChI is InChI=1S/C16H23N3O4S/c1-18-24(21,22)13-3-2-12-4-7-19(14(12)10-13)15(20)16(11-17)5-8-23-9-6-16/h2-3,10,18H,4-9,11,17H2,1H3. The Bertz CT molecular complexity index is 742. The van der Waals surface area contributed by atoms with Gasteiger partial charge in [-0.25, -0.2) is 13.1 Å². The lowest BCUT2D eigenvalue weighted by atomic mass is 9.79. The second-order valence-electron chi connectivity index (χ2n) is 6.30. The molecule has 3 N–H and O–H groups in total. The molecule has 1 amide bonds. The molecular formula is C16H23N3O4S. The molecular weight excluding hydrogens is 330 g/mol. The van der Waals surface area contributed by atoms with E-state index < -0.39 is 15.4 Å². The van der Waals surface area contributed by atoms with E-state index >= 15 is 0 Å². The third kappa shape index (κ3) is 2.83. The zero-order valence-corrected chi connectivity index (χ0v) is 14.6. The molecule has 2 aliphatic heterocycles. The van der Waals surface area contributed by atoms with Crippen LogP contribution < -0.4 is 15.4 Å². The first-order valence-corrected chi connectivity index (χ1v) is 9.58. The van der Waals surface area contributed by atoms with Crippen LogP contribution in [0.4, 0.5) is 5.69 Å². The monoisotopic (exact) mass is 353 g/mol. The molecule has 3 rings (SSSR count). The van der Waals surface area contributed by atoms with Gasteiger partial charge in [-0.15, -0.1) is 0 Å². The number of benzene rings is 1. The normalized spacial score (nSPS) is 20.0. The summed E-state index contributed by atoms with van der Waals surface area (Å²) in [6.45, 7) is 1.88. The van der Waals surface area contributed by atoms with Gasteiger partial charge >= 0.3 is 0 Å². The number of nitrogens with zero attached hydrogens (tertiary/aromatic N) is 1. The molecule has 1 saturated heterocycles. The lowest BCUT2D eigenvalue weighted by Gasteiger charge is -2.37. The molecule has 0 aromatic heterocycles. The van der Waals surface area contributed by atoms with Crippen molar-refractivity contribution >= 4 is 21.6 Å². The lowest BCUT2D eigenvalue weighted by molar-refractivity contribution is -0.132. The summed E-state index contributed by atoms with van der Waals surface area (Å²) in [5, 5.41) is 0. The summed E-state index contributed by atoms with van der Waals surface area (Å²) >= 11 is 0. The van der Waals surface area contributed by atoms with Crippen molar-refractivity contribution in [1.82, 2.24) is 4.72 Å². The smallest absolute Gasteiger partial charge is 0.240 e. The van der Waals surface area contributed by atoms with Crippen LogP contribution in [0.25, 0.3) is 0 Å². The Kier molecular flexibility index (Phi) is 4.65. The van der Waals surface area contributed by atoms with E-state index in [1.165, 1.54) is 7.05 Å². The number of carbonyl (C=O) groups is 1. The van der Waals surface area contributed by atoms with Gasteiger partial charge < -0.3 is 15.4 Å². The van der Waals surface area contributed by atoms with Gasteiger partial charge in [0.15, 0.2) is 0 Å². The van der Waals surface area contributed by atoms with Crippen LogP contribution in [-0.4, -0.2) is 47.7 Å². The number of hydrogen-bond acceptors (Lipinski definition) is 5. The topological polar surface area (TPSA) is 102 Å². The first-order valence-electron chi connectivity index (χ1n) is 8.10. The Balaban J connectivity index is 1.96. The summed E-state index contributed by atoms with van der Waals surface area (Å²) in [4.78, 5) is 15.0. The van der Waals surface area contributed by atoms with E-state index in [1.807, 2.05) is 0 Å². The number of fused-ring (bicyclic) bond motifs is 1. The van der Waals surface area contributed by atoms with E-state index in [1.54, 1.807) is 23.1 Å². The molecule has 0 atom stereocenters. The Morgan fingerprint density at radius 3 is 2.71 bits per heavy atom. The van der Waals surface area contributed by atoms with Gasteiger partial charge in [0.2, 0.25) is 15.9 Å².